The Morgan fingerprint density at radius 3 is 3.00 bits per heavy atom. The minimum atomic E-state index is -0.431. The minimum Gasteiger partial charge on any atom is -0.467 e. The highest BCUT2D eigenvalue weighted by atomic mass is 16.5. The first kappa shape index (κ1) is 12.2. The number of aromatic amines is 1. The number of carbonyl (C=O) groups is 2. The zero-order valence-electron chi connectivity index (χ0n) is 10.8. The monoisotopic (exact) mass is 263 g/mol. The van der Waals surface area contributed by atoms with Gasteiger partial charge in [0.15, 0.2) is 0 Å². The predicted molar refractivity (Wildman–Crippen MR) is 66.3 cm³/mol. The van der Waals surface area contributed by atoms with Crippen molar-refractivity contribution in [2.75, 3.05) is 13.7 Å². The maximum absolute atomic E-state index is 12.4. The van der Waals surface area contributed by atoms with Crippen LogP contribution in [0, 0.1) is 11.8 Å². The molecule has 0 spiro atoms. The Morgan fingerprint density at radius 1 is 1.47 bits per heavy atom. The number of esters is 1. The largest absolute Gasteiger partial charge is 0.467 e. The van der Waals surface area contributed by atoms with E-state index >= 15 is 0 Å². The van der Waals surface area contributed by atoms with Crippen LogP contribution in [0.1, 0.15) is 29.6 Å². The molecule has 0 unspecified atom stereocenters. The van der Waals surface area contributed by atoms with Crippen molar-refractivity contribution in [2.45, 2.75) is 25.3 Å². The highest BCUT2D eigenvalue weighted by Crippen LogP contribution is 2.42. The van der Waals surface area contributed by atoms with E-state index < -0.39 is 6.04 Å². The first-order valence-corrected chi connectivity index (χ1v) is 6.60. The van der Waals surface area contributed by atoms with Gasteiger partial charge in [-0.15, -0.1) is 0 Å². The smallest absolute Gasteiger partial charge is 0.328 e. The molecule has 3 atom stereocenters. The van der Waals surface area contributed by atoms with E-state index in [0.29, 0.717) is 18.0 Å². The molecule has 1 aromatic rings. The summed E-state index contributed by atoms with van der Waals surface area (Å²) < 4.78 is 4.88. The Hall–Kier alpha value is -1.85. The van der Waals surface area contributed by atoms with Crippen LogP contribution < -0.4 is 0 Å². The Bertz CT molecular complexity index is 485. The van der Waals surface area contributed by atoms with Gasteiger partial charge >= 0.3 is 5.97 Å². The molecule has 1 aromatic heterocycles. The fraction of sp³-hybridized carbons (Fsp3) is 0.615. The summed E-state index contributed by atoms with van der Waals surface area (Å²) in [7, 11) is 1.38. The van der Waals surface area contributed by atoms with E-state index in [0.717, 1.165) is 19.3 Å². The van der Waals surface area contributed by atoms with Crippen molar-refractivity contribution in [3.8, 4) is 0 Å². The van der Waals surface area contributed by atoms with E-state index in [1.165, 1.54) is 13.3 Å². The van der Waals surface area contributed by atoms with Gasteiger partial charge in [-0.05, 0) is 24.7 Å². The zero-order chi connectivity index (χ0) is 13.4. The average Bonchev–Trinajstić information content (AvgIpc) is 3.12. The van der Waals surface area contributed by atoms with Crippen molar-refractivity contribution in [1.82, 2.24) is 15.1 Å². The number of H-pyrrole nitrogens is 1. The van der Waals surface area contributed by atoms with E-state index in [2.05, 4.69) is 10.2 Å². The Balaban J connectivity index is 1.87. The van der Waals surface area contributed by atoms with Gasteiger partial charge in [-0.2, -0.15) is 5.10 Å². The van der Waals surface area contributed by atoms with Crippen LogP contribution in [0.3, 0.4) is 0 Å². The normalized spacial score (nSPS) is 29.3. The number of nitrogens with one attached hydrogen (secondary N) is 1. The summed E-state index contributed by atoms with van der Waals surface area (Å²) in [5, 5.41) is 6.42. The number of aromatic nitrogens is 2. The van der Waals surface area contributed by atoms with Crippen LogP contribution in [0.4, 0.5) is 0 Å². The van der Waals surface area contributed by atoms with Crippen LogP contribution in [-0.2, 0) is 9.53 Å². The third-order valence-electron chi connectivity index (χ3n) is 4.34. The number of carbonyl (C=O) groups excluding carboxylic acids is 2. The first-order chi connectivity index (χ1) is 9.22. The van der Waals surface area contributed by atoms with E-state index in [4.69, 9.17) is 4.74 Å². The zero-order valence-corrected chi connectivity index (χ0v) is 10.8. The standard InChI is InChI=1S/C13H17N3O3/c1-19-13(18)11-10-4-2-3-8(10)7-16(11)12(17)9-5-14-15-6-9/h5-6,8,10-11H,2-4,7H2,1H3,(H,14,15)/t8-,10-,11+/m1/s1. The molecule has 0 aromatic carbocycles. The van der Waals surface area contributed by atoms with Crippen LogP contribution in [0.15, 0.2) is 12.4 Å². The average molecular weight is 263 g/mol. The molecule has 3 rings (SSSR count). The predicted octanol–water partition coefficient (Wildman–Crippen LogP) is 0.823. The van der Waals surface area contributed by atoms with Gasteiger partial charge in [0.2, 0.25) is 0 Å². The highest BCUT2D eigenvalue weighted by Gasteiger charge is 2.50. The number of rotatable bonds is 2. The lowest BCUT2D eigenvalue weighted by Crippen LogP contribution is -2.43. The van der Waals surface area contributed by atoms with Gasteiger partial charge < -0.3 is 9.64 Å². The second-order valence-electron chi connectivity index (χ2n) is 5.27. The SMILES string of the molecule is COC(=O)[C@@H]1[C@@H]2CCC[C@@H]2CN1C(=O)c1cn[nH]c1. The maximum atomic E-state index is 12.4. The number of methoxy groups -OCH3 is 1. The molecule has 0 bridgehead atoms. The molecular weight excluding hydrogens is 246 g/mol. The summed E-state index contributed by atoms with van der Waals surface area (Å²) in [6.07, 6.45) is 6.28. The molecule has 1 aliphatic heterocycles. The molecule has 6 nitrogen and oxygen atoms in total. The van der Waals surface area contributed by atoms with Crippen molar-refractivity contribution in [3.05, 3.63) is 18.0 Å². The molecule has 2 heterocycles. The van der Waals surface area contributed by atoms with Gasteiger partial charge in [-0.25, -0.2) is 4.79 Å². The van der Waals surface area contributed by atoms with Crippen LogP contribution in [0.25, 0.3) is 0 Å². The molecule has 0 radical (unpaired) electrons. The number of likely N-dealkylation sites (tertiary alicyclic amines) is 1. The van der Waals surface area contributed by atoms with Crippen molar-refractivity contribution in [1.29, 1.82) is 0 Å². The topological polar surface area (TPSA) is 75.3 Å². The van der Waals surface area contributed by atoms with Gasteiger partial charge in [-0.1, -0.05) is 6.42 Å². The summed E-state index contributed by atoms with van der Waals surface area (Å²) >= 11 is 0. The quantitative estimate of drug-likeness (QED) is 0.802. The van der Waals surface area contributed by atoms with Crippen molar-refractivity contribution in [2.24, 2.45) is 11.8 Å². The van der Waals surface area contributed by atoms with Crippen molar-refractivity contribution < 1.29 is 14.3 Å². The molecule has 1 saturated heterocycles. The molecule has 1 aliphatic carbocycles. The van der Waals surface area contributed by atoms with Gasteiger partial charge in [0, 0.05) is 12.7 Å². The third kappa shape index (κ3) is 1.91. The molecule has 1 amide bonds. The Kier molecular flexibility index (Phi) is 3.00. The lowest BCUT2D eigenvalue weighted by molar-refractivity contribution is -0.146. The van der Waals surface area contributed by atoms with Crippen LogP contribution >= 0.6 is 0 Å². The summed E-state index contributed by atoms with van der Waals surface area (Å²) in [5.74, 6) is 0.244. The van der Waals surface area contributed by atoms with E-state index in [1.54, 1.807) is 11.1 Å². The first-order valence-electron chi connectivity index (χ1n) is 6.60. The third-order valence-corrected chi connectivity index (χ3v) is 4.34. The van der Waals surface area contributed by atoms with Crippen LogP contribution in [0.5, 0.6) is 0 Å². The van der Waals surface area contributed by atoms with Gasteiger partial charge in [-0.3, -0.25) is 9.89 Å². The second kappa shape index (κ2) is 4.68. The highest BCUT2D eigenvalue weighted by molar-refractivity contribution is 5.97. The number of amides is 1. The molecule has 102 valence electrons. The lowest BCUT2D eigenvalue weighted by atomic mass is 9.94. The number of hydrogen-bond donors (Lipinski definition) is 1. The fourth-order valence-corrected chi connectivity index (χ4v) is 3.47. The van der Waals surface area contributed by atoms with E-state index in [-0.39, 0.29) is 17.8 Å². The molecule has 1 saturated carbocycles. The number of hydrogen-bond acceptors (Lipinski definition) is 4. The number of nitrogens with zero attached hydrogens (tertiary/aromatic N) is 2. The summed E-state index contributed by atoms with van der Waals surface area (Å²) in [4.78, 5) is 26.1. The van der Waals surface area contributed by atoms with E-state index in [9.17, 15) is 9.59 Å². The van der Waals surface area contributed by atoms with Gasteiger partial charge in [0.25, 0.3) is 5.91 Å². The number of ether oxygens (including phenoxy) is 1. The minimum absolute atomic E-state index is 0.140. The van der Waals surface area contributed by atoms with Crippen molar-refractivity contribution in [3.63, 3.8) is 0 Å². The molecule has 6 heteroatoms. The molecule has 19 heavy (non-hydrogen) atoms. The molecular formula is C13H17N3O3. The summed E-state index contributed by atoms with van der Waals surface area (Å²) in [6, 6.07) is -0.431. The number of fused-ring (bicyclic) bond motifs is 1. The fourth-order valence-electron chi connectivity index (χ4n) is 3.47. The van der Waals surface area contributed by atoms with E-state index in [1.807, 2.05) is 0 Å². The maximum Gasteiger partial charge on any atom is 0.328 e. The Labute approximate surface area is 111 Å². The second-order valence-corrected chi connectivity index (χ2v) is 5.27. The lowest BCUT2D eigenvalue weighted by Gasteiger charge is -2.25. The van der Waals surface area contributed by atoms with Gasteiger partial charge in [0.05, 0.1) is 18.9 Å². The van der Waals surface area contributed by atoms with Crippen LogP contribution in [0.2, 0.25) is 0 Å². The Morgan fingerprint density at radius 2 is 2.32 bits per heavy atom. The molecule has 2 aliphatic rings. The summed E-state index contributed by atoms with van der Waals surface area (Å²) in [6.45, 7) is 0.647. The van der Waals surface area contributed by atoms with Crippen LogP contribution in [-0.4, -0.2) is 46.7 Å². The molecule has 2 fully saturated rings. The summed E-state index contributed by atoms with van der Waals surface area (Å²) in [5.41, 5.74) is 0.494. The molecule has 1 N–H and O–H groups in total. The van der Waals surface area contributed by atoms with Crippen molar-refractivity contribution >= 4 is 11.9 Å². The van der Waals surface area contributed by atoms with Gasteiger partial charge in [0.1, 0.15) is 6.04 Å².